The summed E-state index contributed by atoms with van der Waals surface area (Å²) in [5.41, 5.74) is 5.51. The molecular formula is C27H37NOY. The molecule has 1 aliphatic heterocycles. The van der Waals surface area contributed by atoms with Crippen molar-refractivity contribution in [3.05, 3.63) is 82.9 Å². The third kappa shape index (κ3) is 7.25. The van der Waals surface area contributed by atoms with E-state index in [2.05, 4.69) is 73.3 Å². The molecule has 0 amide bonds. The first-order valence-electron chi connectivity index (χ1n) is 11.1. The molecule has 2 nitrogen and oxygen atoms in total. The number of likely N-dealkylation sites (tertiary alicyclic amines) is 1. The van der Waals surface area contributed by atoms with Crippen molar-refractivity contribution in [2.45, 2.75) is 59.9 Å². The van der Waals surface area contributed by atoms with Gasteiger partial charge in [0.15, 0.2) is 0 Å². The number of hydrogen-bond donors (Lipinski definition) is 0. The molecule has 0 aromatic heterocycles. The van der Waals surface area contributed by atoms with E-state index in [1.54, 1.807) is 0 Å². The monoisotopic (exact) mass is 480 g/mol. The third-order valence-electron chi connectivity index (χ3n) is 5.94. The van der Waals surface area contributed by atoms with Gasteiger partial charge in [-0.3, -0.25) is 9.69 Å². The topological polar surface area (TPSA) is 20.3 Å². The van der Waals surface area contributed by atoms with E-state index in [9.17, 15) is 4.79 Å². The Morgan fingerprint density at radius 2 is 1.70 bits per heavy atom. The number of aryl methyl sites for hydroxylation is 1. The Kier molecular flexibility index (Phi) is 12.6. The van der Waals surface area contributed by atoms with Crippen LogP contribution in [-0.4, -0.2) is 24.3 Å². The van der Waals surface area contributed by atoms with Crippen LogP contribution in [0.4, 0.5) is 0 Å². The summed E-state index contributed by atoms with van der Waals surface area (Å²) in [6, 6.07) is 19.4. The Bertz CT molecular complexity index is 786. The fourth-order valence-corrected chi connectivity index (χ4v) is 4.62. The zero-order valence-corrected chi connectivity index (χ0v) is 22.1. The van der Waals surface area contributed by atoms with E-state index in [0.717, 1.165) is 51.6 Å². The fourth-order valence-electron chi connectivity index (χ4n) is 4.62. The second-order valence-electron chi connectivity index (χ2n) is 7.91. The molecule has 0 spiro atoms. The Balaban J connectivity index is 0.00000146. The van der Waals surface area contributed by atoms with Crippen LogP contribution in [0.25, 0.3) is 0 Å². The second-order valence-corrected chi connectivity index (χ2v) is 7.91. The minimum Gasteiger partial charge on any atom is -0.299 e. The quantitative estimate of drug-likeness (QED) is 0.339. The molecule has 1 heterocycles. The van der Waals surface area contributed by atoms with E-state index in [1.165, 1.54) is 22.3 Å². The second kappa shape index (κ2) is 14.1. The number of carbonyl (C=O) groups excluding carboxylic acids is 1. The van der Waals surface area contributed by atoms with E-state index >= 15 is 0 Å². The Morgan fingerprint density at radius 1 is 1.03 bits per heavy atom. The molecular weight excluding hydrogens is 443 g/mol. The Labute approximate surface area is 209 Å². The van der Waals surface area contributed by atoms with Gasteiger partial charge < -0.3 is 0 Å². The molecule has 1 unspecified atom stereocenters. The number of allylic oxidation sites excluding steroid dienone is 1. The smallest absolute Gasteiger partial charge is 0.142 e. The van der Waals surface area contributed by atoms with Crippen molar-refractivity contribution in [2.24, 2.45) is 5.41 Å². The average Bonchev–Trinajstić information content (AvgIpc) is 2.74. The number of benzene rings is 2. The van der Waals surface area contributed by atoms with Gasteiger partial charge in [-0.25, -0.2) is 0 Å². The number of nitrogens with zero attached hydrogens (tertiary/aromatic N) is 1. The first-order valence-corrected chi connectivity index (χ1v) is 11.1. The molecule has 3 heteroatoms. The molecule has 3 rings (SSSR count). The molecule has 2 aromatic rings. The van der Waals surface area contributed by atoms with Crippen molar-refractivity contribution in [3.63, 3.8) is 0 Å². The number of hydrogen-bond acceptors (Lipinski definition) is 2. The van der Waals surface area contributed by atoms with Gasteiger partial charge in [0.05, 0.1) is 0 Å². The molecule has 0 N–H and O–H groups in total. The normalized spacial score (nSPS) is 20.1. The molecule has 1 radical (unpaired) electrons. The maximum Gasteiger partial charge on any atom is 0.142 e. The largest absolute Gasteiger partial charge is 0.299 e. The van der Waals surface area contributed by atoms with Gasteiger partial charge in [-0.15, -0.1) is 0 Å². The molecule has 0 saturated carbocycles. The van der Waals surface area contributed by atoms with Crippen molar-refractivity contribution in [1.82, 2.24) is 4.90 Å². The van der Waals surface area contributed by atoms with Gasteiger partial charge in [0.25, 0.3) is 0 Å². The van der Waals surface area contributed by atoms with Gasteiger partial charge >= 0.3 is 0 Å². The number of carbonyl (C=O) groups is 1. The summed E-state index contributed by atoms with van der Waals surface area (Å²) in [6.07, 6.45) is 7.09. The Morgan fingerprint density at radius 3 is 2.33 bits per heavy atom. The summed E-state index contributed by atoms with van der Waals surface area (Å²) in [6.45, 7) is 11.5. The van der Waals surface area contributed by atoms with Crippen LogP contribution in [0.2, 0.25) is 0 Å². The summed E-state index contributed by atoms with van der Waals surface area (Å²) in [5, 5.41) is 0. The van der Waals surface area contributed by atoms with E-state index in [-0.39, 0.29) is 38.1 Å². The van der Waals surface area contributed by atoms with E-state index < -0.39 is 0 Å². The zero-order chi connectivity index (χ0) is 21.1. The van der Waals surface area contributed by atoms with Gasteiger partial charge in [-0.05, 0) is 49.0 Å². The van der Waals surface area contributed by atoms with Gasteiger partial charge in [0.2, 0.25) is 0 Å². The fraction of sp³-hybridized carbons (Fsp3) is 0.444. The zero-order valence-electron chi connectivity index (χ0n) is 19.2. The predicted octanol–water partition coefficient (Wildman–Crippen LogP) is 6.38. The molecule has 159 valence electrons. The standard InChI is InChI=1S/C25H31NO.C2H6.Y/c1-3-15-25(18-23-12-8-7-9-21(23)2)20-26(16-13-24(25)14-17-27)19-22-10-5-4-6-11-22;1-2;/h4-12,14,17H,3,13,15-16,18-20H2,1-2H3;1-2H3;/b24-14-;;. The van der Waals surface area contributed by atoms with Crippen LogP contribution in [0.1, 0.15) is 56.7 Å². The van der Waals surface area contributed by atoms with Crippen LogP contribution >= 0.6 is 0 Å². The van der Waals surface area contributed by atoms with Crippen LogP contribution in [0, 0.1) is 12.3 Å². The summed E-state index contributed by atoms with van der Waals surface area (Å²) in [7, 11) is 0. The van der Waals surface area contributed by atoms with Crippen LogP contribution in [0.5, 0.6) is 0 Å². The average molecular weight is 481 g/mol. The minimum atomic E-state index is 0. The SMILES string of the molecule is CC.CCCC1(Cc2ccccc2C)CN(Cc2ccccc2)CC/C1=C/C=O.[Y]. The van der Waals surface area contributed by atoms with E-state index in [1.807, 2.05) is 19.9 Å². The maximum atomic E-state index is 11.4. The van der Waals surface area contributed by atoms with Crippen molar-refractivity contribution in [2.75, 3.05) is 13.1 Å². The van der Waals surface area contributed by atoms with Crippen molar-refractivity contribution in [3.8, 4) is 0 Å². The Hall–Kier alpha value is -1.09. The van der Waals surface area contributed by atoms with Gasteiger partial charge in [0, 0.05) is 57.8 Å². The van der Waals surface area contributed by atoms with Crippen LogP contribution < -0.4 is 0 Å². The van der Waals surface area contributed by atoms with Crippen molar-refractivity contribution < 1.29 is 37.5 Å². The number of aldehydes is 1. The van der Waals surface area contributed by atoms with Gasteiger partial charge in [-0.1, -0.05) is 87.4 Å². The summed E-state index contributed by atoms with van der Waals surface area (Å²) in [5.74, 6) is 0. The minimum absolute atomic E-state index is 0. The molecule has 2 aromatic carbocycles. The first-order chi connectivity index (χ1) is 14.2. The third-order valence-corrected chi connectivity index (χ3v) is 5.94. The summed E-state index contributed by atoms with van der Waals surface area (Å²) >= 11 is 0. The van der Waals surface area contributed by atoms with E-state index in [0.29, 0.717) is 0 Å². The molecule has 1 saturated heterocycles. The maximum absolute atomic E-state index is 11.4. The van der Waals surface area contributed by atoms with Gasteiger partial charge in [-0.2, -0.15) is 0 Å². The molecule has 0 bridgehead atoms. The molecule has 30 heavy (non-hydrogen) atoms. The molecule has 1 atom stereocenters. The van der Waals surface area contributed by atoms with E-state index in [4.69, 9.17) is 0 Å². The van der Waals surface area contributed by atoms with Crippen molar-refractivity contribution >= 4 is 6.29 Å². The van der Waals surface area contributed by atoms with Crippen molar-refractivity contribution in [1.29, 1.82) is 0 Å². The van der Waals surface area contributed by atoms with Crippen LogP contribution in [0.15, 0.2) is 66.2 Å². The molecule has 0 aliphatic carbocycles. The van der Waals surface area contributed by atoms with Crippen LogP contribution in [0.3, 0.4) is 0 Å². The van der Waals surface area contributed by atoms with Crippen LogP contribution in [-0.2, 0) is 50.5 Å². The predicted molar refractivity (Wildman–Crippen MR) is 124 cm³/mol. The number of piperidine rings is 1. The summed E-state index contributed by atoms with van der Waals surface area (Å²) < 4.78 is 0. The molecule has 1 fully saturated rings. The molecule has 1 aliphatic rings. The van der Waals surface area contributed by atoms with Gasteiger partial charge in [0.1, 0.15) is 6.29 Å². The first kappa shape index (κ1) is 26.9. The number of rotatable bonds is 7. The summed E-state index contributed by atoms with van der Waals surface area (Å²) in [4.78, 5) is 13.9.